The van der Waals surface area contributed by atoms with Crippen molar-refractivity contribution in [2.45, 2.75) is 18.9 Å². The molecule has 1 aliphatic rings. The van der Waals surface area contributed by atoms with Crippen LogP contribution in [0.1, 0.15) is 29.3 Å². The molecule has 0 radical (unpaired) electrons. The molecular weight excluding hydrogens is 430 g/mol. The summed E-state index contributed by atoms with van der Waals surface area (Å²) in [4.78, 5) is 51.7. The Labute approximate surface area is 190 Å². The first kappa shape index (κ1) is 23.6. The van der Waals surface area contributed by atoms with Crippen molar-refractivity contribution in [3.8, 4) is 11.5 Å². The lowest BCUT2D eigenvalue weighted by atomic mass is 9.87. The largest absolute Gasteiger partial charge is 0.493 e. The number of nitrogens with one attached hydrogen (secondary N) is 2. The maximum absolute atomic E-state index is 13.2. The average Bonchev–Trinajstić information content (AvgIpc) is 3.08. The number of carbonyl (C=O) groups excluding carboxylic acids is 4. The summed E-state index contributed by atoms with van der Waals surface area (Å²) in [5.74, 6) is -1.40. The summed E-state index contributed by atoms with van der Waals surface area (Å²) >= 11 is 0. The molecule has 33 heavy (non-hydrogen) atoms. The number of methoxy groups -OCH3 is 3. The van der Waals surface area contributed by atoms with E-state index in [9.17, 15) is 19.2 Å². The number of imide groups is 1. The van der Waals surface area contributed by atoms with Crippen LogP contribution in [0.5, 0.6) is 11.5 Å². The second-order valence-electron chi connectivity index (χ2n) is 7.24. The van der Waals surface area contributed by atoms with Crippen LogP contribution in [0, 0.1) is 0 Å². The van der Waals surface area contributed by atoms with Crippen LogP contribution in [0.2, 0.25) is 0 Å². The first-order chi connectivity index (χ1) is 15.8. The van der Waals surface area contributed by atoms with E-state index in [1.807, 2.05) is 0 Å². The van der Waals surface area contributed by atoms with Crippen molar-refractivity contribution in [1.29, 1.82) is 0 Å². The number of ether oxygens (including phenoxy) is 3. The average molecular weight is 455 g/mol. The van der Waals surface area contributed by atoms with Gasteiger partial charge in [0.15, 0.2) is 11.5 Å². The number of hydrogen-bond donors (Lipinski definition) is 2. The van der Waals surface area contributed by atoms with Crippen LogP contribution in [0.15, 0.2) is 42.5 Å². The van der Waals surface area contributed by atoms with Gasteiger partial charge in [-0.2, -0.15) is 0 Å². The van der Waals surface area contributed by atoms with Crippen molar-refractivity contribution in [3.63, 3.8) is 0 Å². The Morgan fingerprint density at radius 3 is 2.24 bits per heavy atom. The standard InChI is InChI=1S/C23H25N3O7/c1-5-23(14-9-7-6-8-10-14)21(29)26(22(30)25-23)13-19(27)24-16-12-18(32-3)17(31-2)11-15(16)20(28)33-4/h6-12H,5,13H2,1-4H3,(H,24,27)(H,25,30). The number of rotatable bonds is 8. The van der Waals surface area contributed by atoms with Gasteiger partial charge in [0.05, 0.1) is 32.6 Å². The van der Waals surface area contributed by atoms with Gasteiger partial charge in [-0.15, -0.1) is 0 Å². The molecule has 1 aliphatic heterocycles. The van der Waals surface area contributed by atoms with Crippen LogP contribution >= 0.6 is 0 Å². The number of benzene rings is 2. The van der Waals surface area contributed by atoms with Crippen LogP contribution in [0.3, 0.4) is 0 Å². The normalized spacial score (nSPS) is 17.4. The van der Waals surface area contributed by atoms with Gasteiger partial charge in [0.25, 0.3) is 5.91 Å². The highest BCUT2D eigenvalue weighted by Crippen LogP contribution is 2.35. The molecule has 0 saturated carbocycles. The fourth-order valence-corrected chi connectivity index (χ4v) is 3.73. The van der Waals surface area contributed by atoms with Crippen molar-refractivity contribution in [2.24, 2.45) is 0 Å². The lowest BCUT2D eigenvalue weighted by Crippen LogP contribution is -2.44. The van der Waals surface area contributed by atoms with Crippen LogP contribution in [0.25, 0.3) is 0 Å². The van der Waals surface area contributed by atoms with Gasteiger partial charge in [-0.25, -0.2) is 9.59 Å². The molecule has 2 aromatic rings. The summed E-state index contributed by atoms with van der Waals surface area (Å²) in [6.45, 7) is 1.23. The molecular formula is C23H25N3O7. The Morgan fingerprint density at radius 2 is 1.67 bits per heavy atom. The van der Waals surface area contributed by atoms with E-state index in [4.69, 9.17) is 14.2 Å². The predicted octanol–water partition coefficient (Wildman–Crippen LogP) is 2.29. The molecule has 1 heterocycles. The van der Waals surface area contributed by atoms with Gasteiger partial charge in [-0.3, -0.25) is 14.5 Å². The van der Waals surface area contributed by atoms with E-state index in [1.54, 1.807) is 37.3 Å². The fourth-order valence-electron chi connectivity index (χ4n) is 3.73. The van der Waals surface area contributed by atoms with E-state index in [0.717, 1.165) is 4.90 Å². The zero-order valence-electron chi connectivity index (χ0n) is 18.8. The topological polar surface area (TPSA) is 123 Å². The summed E-state index contributed by atoms with van der Waals surface area (Å²) in [6.07, 6.45) is 0.307. The minimum atomic E-state index is -1.25. The molecule has 10 nitrogen and oxygen atoms in total. The summed E-state index contributed by atoms with van der Waals surface area (Å²) < 4.78 is 15.2. The molecule has 1 fully saturated rings. The molecule has 2 N–H and O–H groups in total. The number of esters is 1. The van der Waals surface area contributed by atoms with E-state index in [-0.39, 0.29) is 22.7 Å². The second kappa shape index (κ2) is 9.60. The highest BCUT2D eigenvalue weighted by molar-refractivity contribution is 6.11. The summed E-state index contributed by atoms with van der Waals surface area (Å²) in [6, 6.07) is 10.9. The highest BCUT2D eigenvalue weighted by Gasteiger charge is 2.51. The van der Waals surface area contributed by atoms with Gasteiger partial charge in [0.1, 0.15) is 12.1 Å². The summed E-state index contributed by atoms with van der Waals surface area (Å²) in [5, 5.41) is 5.28. The molecule has 3 rings (SSSR count). The Morgan fingerprint density at radius 1 is 1.03 bits per heavy atom. The molecule has 1 atom stereocenters. The molecule has 10 heteroatoms. The minimum absolute atomic E-state index is 0.0212. The molecule has 0 aromatic heterocycles. The van der Waals surface area contributed by atoms with Gasteiger partial charge in [-0.05, 0) is 12.0 Å². The molecule has 1 saturated heterocycles. The first-order valence-electron chi connectivity index (χ1n) is 10.1. The van der Waals surface area contributed by atoms with E-state index < -0.39 is 35.9 Å². The van der Waals surface area contributed by atoms with Gasteiger partial charge >= 0.3 is 12.0 Å². The number of amides is 4. The summed E-state index contributed by atoms with van der Waals surface area (Å²) in [7, 11) is 4.01. The van der Waals surface area contributed by atoms with E-state index in [2.05, 4.69) is 10.6 Å². The van der Waals surface area contributed by atoms with E-state index in [0.29, 0.717) is 12.0 Å². The zero-order valence-corrected chi connectivity index (χ0v) is 18.8. The molecule has 0 spiro atoms. The van der Waals surface area contributed by atoms with Gasteiger partial charge in [-0.1, -0.05) is 37.3 Å². The maximum Gasteiger partial charge on any atom is 0.340 e. The monoisotopic (exact) mass is 455 g/mol. The first-order valence-corrected chi connectivity index (χ1v) is 10.1. The van der Waals surface area contributed by atoms with Crippen LogP contribution in [-0.2, 0) is 19.9 Å². The lowest BCUT2D eigenvalue weighted by Gasteiger charge is -2.25. The Hall–Kier alpha value is -4.08. The number of hydrogen-bond acceptors (Lipinski definition) is 7. The van der Waals surface area contributed by atoms with Crippen LogP contribution < -0.4 is 20.1 Å². The van der Waals surface area contributed by atoms with Gasteiger partial charge < -0.3 is 24.8 Å². The predicted molar refractivity (Wildman–Crippen MR) is 118 cm³/mol. The number of nitrogens with zero attached hydrogens (tertiary/aromatic N) is 1. The highest BCUT2D eigenvalue weighted by atomic mass is 16.5. The quantitative estimate of drug-likeness (QED) is 0.462. The maximum atomic E-state index is 13.2. The van der Waals surface area contributed by atoms with Crippen molar-refractivity contribution in [3.05, 3.63) is 53.6 Å². The van der Waals surface area contributed by atoms with Gasteiger partial charge in [0.2, 0.25) is 5.91 Å². The summed E-state index contributed by atoms with van der Waals surface area (Å²) in [5.41, 5.74) is -0.519. The zero-order chi connectivity index (χ0) is 24.2. The third-order valence-electron chi connectivity index (χ3n) is 5.48. The van der Waals surface area contributed by atoms with E-state index in [1.165, 1.54) is 33.5 Å². The molecule has 4 amide bonds. The molecule has 174 valence electrons. The van der Waals surface area contributed by atoms with Crippen molar-refractivity contribution < 1.29 is 33.4 Å². The SMILES string of the molecule is CCC1(c2ccccc2)NC(=O)N(CC(=O)Nc2cc(OC)c(OC)cc2C(=O)OC)C1=O. The van der Waals surface area contributed by atoms with Crippen LogP contribution in [-0.4, -0.2) is 56.6 Å². The minimum Gasteiger partial charge on any atom is -0.493 e. The van der Waals surface area contributed by atoms with Crippen LogP contribution in [0.4, 0.5) is 10.5 Å². The number of carbonyl (C=O) groups is 4. The number of urea groups is 1. The molecule has 0 aliphatic carbocycles. The Kier molecular flexibility index (Phi) is 6.86. The molecule has 2 aromatic carbocycles. The third-order valence-corrected chi connectivity index (χ3v) is 5.48. The lowest BCUT2D eigenvalue weighted by molar-refractivity contribution is -0.134. The fraction of sp³-hybridized carbons (Fsp3) is 0.304. The van der Waals surface area contributed by atoms with Crippen molar-refractivity contribution in [1.82, 2.24) is 10.2 Å². The molecule has 0 bridgehead atoms. The second-order valence-corrected chi connectivity index (χ2v) is 7.24. The molecule has 1 unspecified atom stereocenters. The Balaban J connectivity index is 1.86. The van der Waals surface area contributed by atoms with E-state index >= 15 is 0 Å². The third kappa shape index (κ3) is 4.32. The number of anilines is 1. The van der Waals surface area contributed by atoms with Crippen molar-refractivity contribution >= 4 is 29.5 Å². The van der Waals surface area contributed by atoms with Crippen molar-refractivity contribution in [2.75, 3.05) is 33.2 Å². The van der Waals surface area contributed by atoms with Gasteiger partial charge in [0, 0.05) is 12.1 Å². The smallest absolute Gasteiger partial charge is 0.340 e. The Bertz CT molecular complexity index is 1090.